The quantitative estimate of drug-likeness (QED) is 0.891. The minimum atomic E-state index is -0.646. The summed E-state index contributed by atoms with van der Waals surface area (Å²) in [5.41, 5.74) is 1.02. The van der Waals surface area contributed by atoms with Crippen molar-refractivity contribution in [3.63, 3.8) is 0 Å². The lowest BCUT2D eigenvalue weighted by molar-refractivity contribution is 0.468. The van der Waals surface area contributed by atoms with Gasteiger partial charge < -0.3 is 9.73 Å². The highest BCUT2D eigenvalue weighted by atomic mass is 19.1. The molecule has 0 aliphatic rings. The van der Waals surface area contributed by atoms with Gasteiger partial charge in [-0.05, 0) is 12.0 Å². The van der Waals surface area contributed by atoms with Crippen molar-refractivity contribution in [2.75, 3.05) is 0 Å². The minimum Gasteiger partial charge on any atom is -0.456 e. The van der Waals surface area contributed by atoms with Gasteiger partial charge in [0.2, 0.25) is 0 Å². The molecule has 0 bridgehead atoms. The molecule has 1 aromatic carbocycles. The molecule has 0 unspecified atom stereocenters. The Labute approximate surface area is 111 Å². The number of benzene rings is 1. The van der Waals surface area contributed by atoms with Crippen molar-refractivity contribution in [1.29, 1.82) is 0 Å². The van der Waals surface area contributed by atoms with Crippen LogP contribution in [0, 0.1) is 11.6 Å². The zero-order valence-electron chi connectivity index (χ0n) is 11.7. The summed E-state index contributed by atoms with van der Waals surface area (Å²) in [5, 5.41) is 3.78. The number of hydrogen-bond acceptors (Lipinski definition) is 2. The Bertz CT molecular complexity index is 587. The molecule has 0 atom stereocenters. The average Bonchev–Trinajstić information content (AvgIpc) is 2.64. The number of furan rings is 1. The fraction of sp³-hybridized carbons (Fsp3) is 0.467. The number of halogens is 2. The molecule has 4 heteroatoms. The molecule has 0 amide bonds. The van der Waals surface area contributed by atoms with Crippen molar-refractivity contribution in [2.45, 2.75) is 46.2 Å². The summed E-state index contributed by atoms with van der Waals surface area (Å²) in [6, 6.07) is 2.50. The van der Waals surface area contributed by atoms with Gasteiger partial charge in [-0.1, -0.05) is 27.7 Å². The number of fused-ring (bicyclic) bond motifs is 1. The lowest BCUT2D eigenvalue weighted by Gasteiger charge is -2.09. The van der Waals surface area contributed by atoms with Crippen LogP contribution in [-0.2, 0) is 6.54 Å². The highest BCUT2D eigenvalue weighted by Crippen LogP contribution is 2.33. The molecule has 1 heterocycles. The van der Waals surface area contributed by atoms with Crippen molar-refractivity contribution >= 4 is 11.0 Å². The van der Waals surface area contributed by atoms with E-state index < -0.39 is 11.6 Å². The van der Waals surface area contributed by atoms with Gasteiger partial charge >= 0.3 is 0 Å². The first-order valence-corrected chi connectivity index (χ1v) is 6.53. The van der Waals surface area contributed by atoms with Gasteiger partial charge in [0.25, 0.3) is 0 Å². The molecule has 104 valence electrons. The largest absolute Gasteiger partial charge is 0.456 e. The normalized spacial score (nSPS) is 12.0. The van der Waals surface area contributed by atoms with Crippen LogP contribution in [0.2, 0.25) is 0 Å². The molecule has 0 saturated heterocycles. The topological polar surface area (TPSA) is 25.2 Å². The first-order valence-electron chi connectivity index (χ1n) is 6.53. The Balaban J connectivity index is 2.57. The molecule has 0 spiro atoms. The lowest BCUT2D eigenvalue weighted by Crippen LogP contribution is -2.22. The maximum Gasteiger partial charge on any atom is 0.170 e. The summed E-state index contributed by atoms with van der Waals surface area (Å²) >= 11 is 0. The van der Waals surface area contributed by atoms with Crippen LogP contribution in [0.1, 0.15) is 44.9 Å². The second kappa shape index (κ2) is 5.29. The Kier molecular flexibility index (Phi) is 3.90. The van der Waals surface area contributed by atoms with E-state index in [2.05, 4.69) is 5.32 Å². The molecule has 19 heavy (non-hydrogen) atoms. The average molecular weight is 267 g/mol. The van der Waals surface area contributed by atoms with E-state index in [1.807, 2.05) is 27.7 Å². The van der Waals surface area contributed by atoms with E-state index in [0.29, 0.717) is 23.7 Å². The molecular formula is C15H19F2NO. The fourth-order valence-electron chi connectivity index (χ4n) is 2.25. The van der Waals surface area contributed by atoms with Gasteiger partial charge in [-0.15, -0.1) is 0 Å². The third-order valence-electron chi connectivity index (χ3n) is 3.07. The summed E-state index contributed by atoms with van der Waals surface area (Å²) in [6.07, 6.45) is 0. The Morgan fingerprint density at radius 2 is 1.84 bits per heavy atom. The molecule has 0 fully saturated rings. The second-order valence-corrected chi connectivity index (χ2v) is 5.39. The first-order chi connectivity index (χ1) is 8.90. The van der Waals surface area contributed by atoms with Crippen molar-refractivity contribution in [1.82, 2.24) is 5.32 Å². The van der Waals surface area contributed by atoms with Crippen LogP contribution in [0.5, 0.6) is 0 Å². The van der Waals surface area contributed by atoms with Crippen molar-refractivity contribution < 1.29 is 13.2 Å². The Hall–Kier alpha value is -1.42. The van der Waals surface area contributed by atoms with Gasteiger partial charge in [0.05, 0.1) is 6.54 Å². The van der Waals surface area contributed by atoms with E-state index in [4.69, 9.17) is 4.42 Å². The smallest absolute Gasteiger partial charge is 0.170 e. The number of hydrogen-bond donors (Lipinski definition) is 1. The highest BCUT2D eigenvalue weighted by molar-refractivity contribution is 5.83. The monoisotopic (exact) mass is 267 g/mol. The van der Waals surface area contributed by atoms with Crippen LogP contribution >= 0.6 is 0 Å². The first kappa shape index (κ1) is 14.0. The van der Waals surface area contributed by atoms with Crippen LogP contribution < -0.4 is 5.32 Å². The van der Waals surface area contributed by atoms with E-state index in [9.17, 15) is 8.78 Å². The number of rotatable bonds is 4. The standard InChI is InChI=1S/C15H19F2NO/c1-8(2)14-11-5-10(16)6-12(17)15(11)19-13(14)7-18-9(3)4/h5-6,8-9,18H,7H2,1-4H3. The van der Waals surface area contributed by atoms with E-state index in [-0.39, 0.29) is 11.5 Å². The predicted molar refractivity (Wildman–Crippen MR) is 72.2 cm³/mol. The van der Waals surface area contributed by atoms with Gasteiger partial charge in [-0.2, -0.15) is 0 Å². The van der Waals surface area contributed by atoms with Crippen molar-refractivity contribution in [3.8, 4) is 0 Å². The summed E-state index contributed by atoms with van der Waals surface area (Å²) in [7, 11) is 0. The van der Waals surface area contributed by atoms with Crippen LogP contribution in [0.15, 0.2) is 16.5 Å². The molecular weight excluding hydrogens is 248 g/mol. The zero-order valence-corrected chi connectivity index (χ0v) is 11.7. The maximum atomic E-state index is 13.7. The third kappa shape index (κ3) is 2.78. The van der Waals surface area contributed by atoms with Gasteiger partial charge in [-0.3, -0.25) is 0 Å². The SMILES string of the molecule is CC(C)NCc1oc2c(F)cc(F)cc2c1C(C)C. The molecule has 2 aromatic rings. The fourth-order valence-corrected chi connectivity index (χ4v) is 2.25. The summed E-state index contributed by atoms with van der Waals surface area (Å²) in [5.74, 6) is -0.390. The molecule has 2 nitrogen and oxygen atoms in total. The molecule has 0 aliphatic carbocycles. The summed E-state index contributed by atoms with van der Waals surface area (Å²) < 4.78 is 32.7. The van der Waals surface area contributed by atoms with Crippen LogP contribution in [0.25, 0.3) is 11.0 Å². The van der Waals surface area contributed by atoms with E-state index in [1.54, 1.807) is 0 Å². The molecule has 0 radical (unpaired) electrons. The molecule has 1 aromatic heterocycles. The molecule has 0 aliphatic heterocycles. The van der Waals surface area contributed by atoms with E-state index in [1.165, 1.54) is 6.07 Å². The van der Waals surface area contributed by atoms with Gasteiger partial charge in [0.1, 0.15) is 11.6 Å². The molecule has 1 N–H and O–H groups in total. The third-order valence-corrected chi connectivity index (χ3v) is 3.07. The highest BCUT2D eigenvalue weighted by Gasteiger charge is 2.20. The minimum absolute atomic E-state index is 0.144. The van der Waals surface area contributed by atoms with Gasteiger partial charge in [0, 0.05) is 23.1 Å². The molecule has 0 saturated carbocycles. The van der Waals surface area contributed by atoms with E-state index in [0.717, 1.165) is 11.6 Å². The van der Waals surface area contributed by atoms with Gasteiger partial charge in [0.15, 0.2) is 11.4 Å². The predicted octanol–water partition coefficient (Wildman–Crippen LogP) is 4.33. The van der Waals surface area contributed by atoms with Crippen molar-refractivity contribution in [3.05, 3.63) is 35.1 Å². The van der Waals surface area contributed by atoms with Crippen molar-refractivity contribution in [2.24, 2.45) is 0 Å². The lowest BCUT2D eigenvalue weighted by atomic mass is 9.99. The Morgan fingerprint density at radius 3 is 2.42 bits per heavy atom. The number of nitrogens with one attached hydrogen (secondary N) is 1. The molecule has 2 rings (SSSR count). The van der Waals surface area contributed by atoms with Gasteiger partial charge in [-0.25, -0.2) is 8.78 Å². The maximum absolute atomic E-state index is 13.7. The van der Waals surface area contributed by atoms with Crippen LogP contribution in [0.3, 0.4) is 0 Å². The second-order valence-electron chi connectivity index (χ2n) is 5.39. The van der Waals surface area contributed by atoms with Crippen LogP contribution in [0.4, 0.5) is 8.78 Å². The van der Waals surface area contributed by atoms with Crippen LogP contribution in [-0.4, -0.2) is 6.04 Å². The Morgan fingerprint density at radius 1 is 1.16 bits per heavy atom. The zero-order chi connectivity index (χ0) is 14.2. The summed E-state index contributed by atoms with van der Waals surface area (Å²) in [4.78, 5) is 0. The summed E-state index contributed by atoms with van der Waals surface area (Å²) in [6.45, 7) is 8.55. The van der Waals surface area contributed by atoms with E-state index >= 15 is 0 Å².